The SMILES string of the molecule is COc1ccc(C(=O)NC(=O)COC(=O)CCc2cnn(-c3ccccc3)c2)cc1. The number of aryl methyl sites for hydroxylation is 1. The number of benzene rings is 2. The molecule has 1 aromatic heterocycles. The summed E-state index contributed by atoms with van der Waals surface area (Å²) in [6.45, 7) is -0.524. The van der Waals surface area contributed by atoms with Crippen LogP contribution in [-0.2, 0) is 20.7 Å². The van der Waals surface area contributed by atoms with Crippen LogP contribution in [0.5, 0.6) is 5.75 Å². The molecule has 8 heteroatoms. The molecule has 3 rings (SSSR count). The average molecular weight is 407 g/mol. The van der Waals surface area contributed by atoms with Crippen LogP contribution in [0.4, 0.5) is 0 Å². The number of ether oxygens (including phenoxy) is 2. The minimum absolute atomic E-state index is 0.0974. The van der Waals surface area contributed by atoms with Crippen LogP contribution in [-0.4, -0.2) is 41.3 Å². The number of para-hydroxylation sites is 1. The molecule has 3 aromatic rings. The summed E-state index contributed by atoms with van der Waals surface area (Å²) in [5, 5.41) is 6.44. The van der Waals surface area contributed by atoms with Crippen molar-refractivity contribution >= 4 is 17.8 Å². The van der Waals surface area contributed by atoms with Gasteiger partial charge in [-0.15, -0.1) is 0 Å². The van der Waals surface area contributed by atoms with Gasteiger partial charge in [-0.25, -0.2) is 4.68 Å². The zero-order valence-electron chi connectivity index (χ0n) is 16.4. The van der Waals surface area contributed by atoms with Crippen LogP contribution in [0.1, 0.15) is 22.3 Å². The lowest BCUT2D eigenvalue weighted by Crippen LogP contribution is -2.34. The van der Waals surface area contributed by atoms with Gasteiger partial charge in [-0.1, -0.05) is 18.2 Å². The third-order valence-corrected chi connectivity index (χ3v) is 4.24. The molecular formula is C22H21N3O5. The number of imide groups is 1. The highest BCUT2D eigenvalue weighted by Gasteiger charge is 2.13. The number of aromatic nitrogens is 2. The van der Waals surface area contributed by atoms with Crippen molar-refractivity contribution in [2.45, 2.75) is 12.8 Å². The molecule has 154 valence electrons. The van der Waals surface area contributed by atoms with E-state index >= 15 is 0 Å². The van der Waals surface area contributed by atoms with Crippen LogP contribution >= 0.6 is 0 Å². The lowest BCUT2D eigenvalue weighted by Gasteiger charge is -2.06. The largest absolute Gasteiger partial charge is 0.497 e. The van der Waals surface area contributed by atoms with E-state index in [1.165, 1.54) is 19.2 Å². The van der Waals surface area contributed by atoms with Crippen LogP contribution in [0.15, 0.2) is 67.0 Å². The van der Waals surface area contributed by atoms with Gasteiger partial charge in [-0.05, 0) is 48.4 Å². The zero-order chi connectivity index (χ0) is 21.3. The fourth-order valence-corrected chi connectivity index (χ4v) is 2.65. The first-order valence-corrected chi connectivity index (χ1v) is 9.28. The van der Waals surface area contributed by atoms with Gasteiger partial charge in [0.25, 0.3) is 11.8 Å². The summed E-state index contributed by atoms with van der Waals surface area (Å²) in [7, 11) is 1.52. The minimum Gasteiger partial charge on any atom is -0.497 e. The van der Waals surface area contributed by atoms with E-state index in [1.54, 1.807) is 23.0 Å². The summed E-state index contributed by atoms with van der Waals surface area (Å²) >= 11 is 0. The molecule has 0 fully saturated rings. The fourth-order valence-electron chi connectivity index (χ4n) is 2.65. The first kappa shape index (κ1) is 20.8. The Morgan fingerprint density at radius 1 is 1.03 bits per heavy atom. The number of carbonyl (C=O) groups excluding carboxylic acids is 3. The van der Waals surface area contributed by atoms with E-state index in [-0.39, 0.29) is 6.42 Å². The first-order valence-electron chi connectivity index (χ1n) is 9.28. The van der Waals surface area contributed by atoms with Gasteiger partial charge in [-0.2, -0.15) is 5.10 Å². The summed E-state index contributed by atoms with van der Waals surface area (Å²) in [5.41, 5.74) is 2.09. The van der Waals surface area contributed by atoms with Gasteiger partial charge in [0.1, 0.15) is 5.75 Å². The molecule has 0 radical (unpaired) electrons. The van der Waals surface area contributed by atoms with Crippen molar-refractivity contribution in [2.24, 2.45) is 0 Å². The number of esters is 1. The van der Waals surface area contributed by atoms with Gasteiger partial charge >= 0.3 is 5.97 Å². The molecule has 2 aromatic carbocycles. The Labute approximate surface area is 173 Å². The van der Waals surface area contributed by atoms with E-state index in [0.29, 0.717) is 17.7 Å². The second-order valence-corrected chi connectivity index (χ2v) is 6.40. The summed E-state index contributed by atoms with van der Waals surface area (Å²) < 4.78 is 11.7. The van der Waals surface area contributed by atoms with Gasteiger partial charge in [0.05, 0.1) is 19.0 Å². The molecule has 8 nitrogen and oxygen atoms in total. The molecule has 0 saturated heterocycles. The predicted octanol–water partition coefficient (Wildman–Crippen LogP) is 2.31. The number of hydrogen-bond acceptors (Lipinski definition) is 6. The fraction of sp³-hybridized carbons (Fsp3) is 0.182. The van der Waals surface area contributed by atoms with Crippen LogP contribution in [0.2, 0.25) is 0 Å². The lowest BCUT2D eigenvalue weighted by molar-refractivity contribution is -0.148. The molecular weight excluding hydrogens is 386 g/mol. The summed E-state index contributed by atoms with van der Waals surface area (Å²) in [6.07, 6.45) is 4.04. The maximum absolute atomic E-state index is 12.0. The minimum atomic E-state index is -0.693. The van der Waals surface area contributed by atoms with Gasteiger partial charge < -0.3 is 9.47 Å². The number of nitrogens with zero attached hydrogens (tertiary/aromatic N) is 2. The van der Waals surface area contributed by atoms with E-state index in [2.05, 4.69) is 10.4 Å². The third-order valence-electron chi connectivity index (χ3n) is 4.24. The summed E-state index contributed by atoms with van der Waals surface area (Å²) in [4.78, 5) is 35.7. The summed E-state index contributed by atoms with van der Waals surface area (Å²) in [5.74, 6) is -1.20. The molecule has 0 aliphatic rings. The molecule has 0 unspecified atom stereocenters. The van der Waals surface area contributed by atoms with E-state index in [1.807, 2.05) is 36.5 Å². The topological polar surface area (TPSA) is 99.5 Å². The molecule has 0 aliphatic heterocycles. The number of carbonyl (C=O) groups is 3. The quantitative estimate of drug-likeness (QED) is 0.576. The van der Waals surface area contributed by atoms with Crippen LogP contribution in [0, 0.1) is 0 Å². The molecule has 0 atom stereocenters. The standard InChI is InChI=1S/C22H21N3O5/c1-29-19-10-8-17(9-11-19)22(28)24-20(26)15-30-21(27)12-7-16-13-23-25(14-16)18-5-3-2-4-6-18/h2-6,8-11,13-14H,7,12,15H2,1H3,(H,24,26,28). The summed E-state index contributed by atoms with van der Waals surface area (Å²) in [6, 6.07) is 15.9. The van der Waals surface area contributed by atoms with Crippen molar-refractivity contribution in [2.75, 3.05) is 13.7 Å². The third kappa shape index (κ3) is 5.78. The Morgan fingerprint density at radius 3 is 2.47 bits per heavy atom. The van der Waals surface area contributed by atoms with Crippen molar-refractivity contribution < 1.29 is 23.9 Å². The van der Waals surface area contributed by atoms with Gasteiger partial charge in [0.15, 0.2) is 6.61 Å². The van der Waals surface area contributed by atoms with E-state index in [0.717, 1.165) is 11.3 Å². The Bertz CT molecular complexity index is 1010. The van der Waals surface area contributed by atoms with E-state index < -0.39 is 24.4 Å². The zero-order valence-corrected chi connectivity index (χ0v) is 16.4. The molecule has 30 heavy (non-hydrogen) atoms. The van der Waals surface area contributed by atoms with Crippen LogP contribution in [0.25, 0.3) is 5.69 Å². The number of nitrogens with one attached hydrogen (secondary N) is 1. The van der Waals surface area contributed by atoms with Crippen molar-refractivity contribution in [3.63, 3.8) is 0 Å². The number of methoxy groups -OCH3 is 1. The van der Waals surface area contributed by atoms with Gasteiger partial charge in [0.2, 0.25) is 0 Å². The predicted molar refractivity (Wildman–Crippen MR) is 108 cm³/mol. The molecule has 0 spiro atoms. The Kier molecular flexibility index (Phi) is 6.94. The van der Waals surface area contributed by atoms with Gasteiger partial charge in [-0.3, -0.25) is 19.7 Å². The molecule has 1 heterocycles. The maximum Gasteiger partial charge on any atom is 0.306 e. The Balaban J connectivity index is 1.40. The van der Waals surface area contributed by atoms with Crippen LogP contribution in [0.3, 0.4) is 0 Å². The number of hydrogen-bond donors (Lipinski definition) is 1. The normalized spacial score (nSPS) is 10.3. The van der Waals surface area contributed by atoms with Gasteiger partial charge in [0, 0.05) is 18.2 Å². The average Bonchev–Trinajstić information content (AvgIpc) is 3.26. The van der Waals surface area contributed by atoms with Crippen molar-refractivity contribution in [3.05, 3.63) is 78.1 Å². The number of rotatable bonds is 8. The lowest BCUT2D eigenvalue weighted by atomic mass is 10.2. The Morgan fingerprint density at radius 2 is 1.77 bits per heavy atom. The molecule has 0 bridgehead atoms. The first-order chi connectivity index (χ1) is 14.5. The maximum atomic E-state index is 12.0. The van der Waals surface area contributed by atoms with E-state index in [4.69, 9.17) is 9.47 Å². The van der Waals surface area contributed by atoms with Crippen molar-refractivity contribution in [1.29, 1.82) is 0 Å². The smallest absolute Gasteiger partial charge is 0.306 e. The number of amides is 2. The highest BCUT2D eigenvalue weighted by Crippen LogP contribution is 2.11. The molecule has 1 N–H and O–H groups in total. The monoisotopic (exact) mass is 407 g/mol. The highest BCUT2D eigenvalue weighted by molar-refractivity contribution is 6.05. The molecule has 2 amide bonds. The Hall–Kier alpha value is -3.94. The molecule has 0 aliphatic carbocycles. The molecule has 0 saturated carbocycles. The van der Waals surface area contributed by atoms with Crippen LogP contribution < -0.4 is 10.1 Å². The highest BCUT2D eigenvalue weighted by atomic mass is 16.5. The van der Waals surface area contributed by atoms with E-state index in [9.17, 15) is 14.4 Å². The second-order valence-electron chi connectivity index (χ2n) is 6.40. The second kappa shape index (κ2) is 10.0. The van der Waals surface area contributed by atoms with Crippen molar-refractivity contribution in [1.82, 2.24) is 15.1 Å². The van der Waals surface area contributed by atoms with Crippen molar-refractivity contribution in [3.8, 4) is 11.4 Å².